The summed E-state index contributed by atoms with van der Waals surface area (Å²) in [6.45, 7) is 1.92. The number of nitrogens with one attached hydrogen (secondary N) is 2. The van der Waals surface area contributed by atoms with Gasteiger partial charge in [0.2, 0.25) is 0 Å². The minimum atomic E-state index is -0.279. The number of hydrogen-bond donors (Lipinski definition) is 2. The van der Waals surface area contributed by atoms with E-state index in [1.54, 1.807) is 10.9 Å². The summed E-state index contributed by atoms with van der Waals surface area (Å²) in [5.41, 5.74) is 1.85. The van der Waals surface area contributed by atoms with Gasteiger partial charge < -0.3 is 10.6 Å². The van der Waals surface area contributed by atoms with Gasteiger partial charge in [0.25, 0.3) is 5.91 Å². The van der Waals surface area contributed by atoms with Gasteiger partial charge in [0, 0.05) is 11.3 Å². The molecule has 2 fully saturated rings. The highest BCUT2D eigenvalue weighted by molar-refractivity contribution is 6.02. The lowest BCUT2D eigenvalue weighted by atomic mass is 10.1. The number of tetrazole rings is 1. The average Bonchev–Trinajstić information content (AvgIpc) is 3.26. The minimum absolute atomic E-state index is 0.279. The Hall–Kier alpha value is -3.14. The first kappa shape index (κ1) is 17.0. The molecule has 1 aliphatic carbocycles. The van der Waals surface area contributed by atoms with Gasteiger partial charge in [0.15, 0.2) is 11.5 Å². The van der Waals surface area contributed by atoms with E-state index in [1.807, 2.05) is 28.9 Å². The predicted molar refractivity (Wildman–Crippen MR) is 101 cm³/mol. The van der Waals surface area contributed by atoms with Crippen LogP contribution >= 0.6 is 0 Å². The molecule has 0 spiro atoms. The molecule has 0 radical (unpaired) electrons. The number of benzene rings is 1. The largest absolute Gasteiger partial charge is 0.321 e. The van der Waals surface area contributed by atoms with Crippen molar-refractivity contribution < 1.29 is 4.79 Å². The summed E-state index contributed by atoms with van der Waals surface area (Å²) >= 11 is 0. The van der Waals surface area contributed by atoms with E-state index in [9.17, 15) is 4.79 Å². The second-order valence-electron chi connectivity index (χ2n) is 7.28. The fraction of sp³-hybridized carbons (Fsp3) is 0.444. The van der Waals surface area contributed by atoms with Crippen molar-refractivity contribution in [1.82, 2.24) is 40.5 Å². The maximum Gasteiger partial charge on any atom is 0.277 e. The molecule has 2 aromatic heterocycles. The number of hydrogen-bond acceptors (Lipinski definition) is 7. The molecule has 2 N–H and O–H groups in total. The van der Waals surface area contributed by atoms with Crippen molar-refractivity contribution in [2.24, 2.45) is 0 Å². The zero-order chi connectivity index (χ0) is 18.9. The highest BCUT2D eigenvalue weighted by Crippen LogP contribution is 2.36. The molecule has 28 heavy (non-hydrogen) atoms. The van der Waals surface area contributed by atoms with E-state index in [0.29, 0.717) is 23.5 Å². The normalized spacial score (nSPS) is 17.6. The van der Waals surface area contributed by atoms with Crippen LogP contribution in [0.5, 0.6) is 0 Å². The molecule has 10 heteroatoms. The number of carbonyl (C=O) groups is 1. The van der Waals surface area contributed by atoms with E-state index < -0.39 is 0 Å². The Kier molecular flexibility index (Phi) is 4.32. The van der Waals surface area contributed by atoms with E-state index in [4.69, 9.17) is 0 Å². The maximum atomic E-state index is 12.6. The van der Waals surface area contributed by atoms with Crippen LogP contribution in [0.15, 0.2) is 30.5 Å². The molecule has 1 aliphatic heterocycles. The van der Waals surface area contributed by atoms with Crippen molar-refractivity contribution >= 4 is 11.6 Å². The Morgan fingerprint density at radius 2 is 1.93 bits per heavy atom. The molecular formula is C18H21N9O. The number of carbonyl (C=O) groups excluding carboxylic acids is 1. The van der Waals surface area contributed by atoms with Gasteiger partial charge in [-0.2, -0.15) is 0 Å². The predicted octanol–water partition coefficient (Wildman–Crippen LogP) is 1.44. The zero-order valence-electron chi connectivity index (χ0n) is 15.3. The molecule has 1 amide bonds. The molecule has 0 atom stereocenters. The summed E-state index contributed by atoms with van der Waals surface area (Å²) in [6.07, 6.45) is 5.90. The molecule has 0 unspecified atom stereocenters. The average molecular weight is 379 g/mol. The summed E-state index contributed by atoms with van der Waals surface area (Å²) in [4.78, 5) is 12.6. The molecular weight excluding hydrogens is 358 g/mol. The van der Waals surface area contributed by atoms with E-state index >= 15 is 0 Å². The third-order valence-corrected chi connectivity index (χ3v) is 5.19. The van der Waals surface area contributed by atoms with Crippen LogP contribution in [0.4, 0.5) is 5.69 Å². The topological polar surface area (TPSA) is 115 Å². The standard InChI is InChI=1S/C18H21N9O/c28-18(16-11-26(24-21-16)14-6-8-19-9-7-14)20-13-3-1-2-12(10-13)17-22-23-25-27(17)15-4-5-15/h1-3,10-11,14-15,19H,4-9H2,(H,20,28). The number of aromatic nitrogens is 7. The van der Waals surface area contributed by atoms with E-state index in [2.05, 4.69) is 36.5 Å². The van der Waals surface area contributed by atoms with Crippen molar-refractivity contribution in [3.63, 3.8) is 0 Å². The summed E-state index contributed by atoms with van der Waals surface area (Å²) in [5.74, 6) is 0.439. The lowest BCUT2D eigenvalue weighted by Crippen LogP contribution is -2.29. The number of nitrogens with zero attached hydrogens (tertiary/aromatic N) is 7. The monoisotopic (exact) mass is 379 g/mol. The van der Waals surface area contributed by atoms with E-state index in [0.717, 1.165) is 50.2 Å². The summed E-state index contributed by atoms with van der Waals surface area (Å²) < 4.78 is 3.65. The smallest absolute Gasteiger partial charge is 0.277 e. The first-order valence-electron chi connectivity index (χ1n) is 9.60. The molecule has 5 rings (SSSR count). The van der Waals surface area contributed by atoms with Gasteiger partial charge in [-0.05, 0) is 61.3 Å². The Balaban J connectivity index is 1.31. The molecule has 3 heterocycles. The Bertz CT molecular complexity index is 984. The molecule has 1 aromatic carbocycles. The van der Waals surface area contributed by atoms with Crippen molar-refractivity contribution in [2.45, 2.75) is 37.8 Å². The first-order chi connectivity index (χ1) is 13.8. The second-order valence-corrected chi connectivity index (χ2v) is 7.28. The van der Waals surface area contributed by atoms with Crippen LogP contribution in [0, 0.1) is 0 Å². The summed E-state index contributed by atoms with van der Waals surface area (Å²) in [7, 11) is 0. The number of piperidine rings is 1. The van der Waals surface area contributed by atoms with Crippen LogP contribution in [0.25, 0.3) is 11.4 Å². The van der Waals surface area contributed by atoms with Crippen LogP contribution in [0.2, 0.25) is 0 Å². The molecule has 1 saturated heterocycles. The molecule has 1 saturated carbocycles. The van der Waals surface area contributed by atoms with Crippen molar-refractivity contribution in [1.29, 1.82) is 0 Å². The van der Waals surface area contributed by atoms with Gasteiger partial charge in [0.05, 0.1) is 18.3 Å². The van der Waals surface area contributed by atoms with E-state index in [-0.39, 0.29) is 5.91 Å². The second kappa shape index (κ2) is 7.12. The quantitative estimate of drug-likeness (QED) is 0.689. The molecule has 10 nitrogen and oxygen atoms in total. The zero-order valence-corrected chi connectivity index (χ0v) is 15.3. The summed E-state index contributed by atoms with van der Waals surface area (Å²) in [5, 5.41) is 26.4. The fourth-order valence-electron chi connectivity index (χ4n) is 3.51. The number of anilines is 1. The number of rotatable bonds is 5. The molecule has 2 aliphatic rings. The molecule has 0 bridgehead atoms. The Morgan fingerprint density at radius 3 is 2.75 bits per heavy atom. The highest BCUT2D eigenvalue weighted by atomic mass is 16.2. The van der Waals surface area contributed by atoms with Gasteiger partial charge in [-0.15, -0.1) is 10.2 Å². The first-order valence-corrected chi connectivity index (χ1v) is 9.60. The van der Waals surface area contributed by atoms with Crippen LogP contribution in [0.3, 0.4) is 0 Å². The van der Waals surface area contributed by atoms with Crippen molar-refractivity contribution in [3.05, 3.63) is 36.2 Å². The number of amides is 1. The van der Waals surface area contributed by atoms with E-state index in [1.165, 1.54) is 0 Å². The lowest BCUT2D eigenvalue weighted by molar-refractivity contribution is 0.102. The van der Waals surface area contributed by atoms with Crippen LogP contribution in [-0.4, -0.2) is 54.2 Å². The van der Waals surface area contributed by atoms with Crippen LogP contribution in [-0.2, 0) is 0 Å². The van der Waals surface area contributed by atoms with Gasteiger partial charge in [-0.1, -0.05) is 17.3 Å². The third-order valence-electron chi connectivity index (χ3n) is 5.19. The van der Waals surface area contributed by atoms with Crippen LogP contribution < -0.4 is 10.6 Å². The van der Waals surface area contributed by atoms with Gasteiger partial charge >= 0.3 is 0 Å². The maximum absolute atomic E-state index is 12.6. The highest BCUT2D eigenvalue weighted by Gasteiger charge is 2.28. The molecule has 3 aromatic rings. The summed E-state index contributed by atoms with van der Waals surface area (Å²) in [6, 6.07) is 8.20. The Morgan fingerprint density at radius 1 is 1.07 bits per heavy atom. The lowest BCUT2D eigenvalue weighted by Gasteiger charge is -2.22. The van der Waals surface area contributed by atoms with Gasteiger partial charge in [-0.3, -0.25) is 4.79 Å². The minimum Gasteiger partial charge on any atom is -0.321 e. The van der Waals surface area contributed by atoms with Crippen LogP contribution in [0.1, 0.15) is 48.3 Å². The van der Waals surface area contributed by atoms with Gasteiger partial charge in [0.1, 0.15) is 0 Å². The molecule has 144 valence electrons. The fourth-order valence-corrected chi connectivity index (χ4v) is 3.51. The van der Waals surface area contributed by atoms with Gasteiger partial charge in [-0.25, -0.2) is 9.36 Å². The SMILES string of the molecule is O=C(Nc1cccc(-c2nnnn2C2CC2)c1)c1cn(C2CCNCC2)nn1. The third kappa shape index (κ3) is 3.38. The van der Waals surface area contributed by atoms with Crippen molar-refractivity contribution in [3.8, 4) is 11.4 Å². The van der Waals surface area contributed by atoms with Crippen molar-refractivity contribution in [2.75, 3.05) is 18.4 Å². The Labute approximate surface area is 161 Å².